The van der Waals surface area contributed by atoms with Crippen molar-refractivity contribution in [2.75, 3.05) is 0 Å². The molecule has 1 rings (SSSR count). The SMILES string of the molecule is Cc1cc(CC[C@@H](C)N)ccc1[N+](=O)[O-]. The van der Waals surface area contributed by atoms with E-state index in [0.717, 1.165) is 18.4 Å². The molecule has 0 aliphatic heterocycles. The molecule has 0 bridgehead atoms. The highest BCUT2D eigenvalue weighted by atomic mass is 16.6. The van der Waals surface area contributed by atoms with E-state index in [9.17, 15) is 10.1 Å². The van der Waals surface area contributed by atoms with Gasteiger partial charge < -0.3 is 5.73 Å². The molecule has 15 heavy (non-hydrogen) atoms. The van der Waals surface area contributed by atoms with Crippen LogP contribution in [0.25, 0.3) is 0 Å². The average Bonchev–Trinajstić information content (AvgIpc) is 2.14. The summed E-state index contributed by atoms with van der Waals surface area (Å²) in [6.45, 7) is 3.71. The van der Waals surface area contributed by atoms with Crippen molar-refractivity contribution in [2.45, 2.75) is 32.7 Å². The van der Waals surface area contributed by atoms with Gasteiger partial charge in [-0.2, -0.15) is 0 Å². The van der Waals surface area contributed by atoms with Gasteiger partial charge in [0.15, 0.2) is 0 Å². The first kappa shape index (κ1) is 11.7. The van der Waals surface area contributed by atoms with E-state index in [1.807, 2.05) is 13.0 Å². The Hall–Kier alpha value is -1.42. The molecule has 0 spiro atoms. The van der Waals surface area contributed by atoms with E-state index < -0.39 is 0 Å². The Balaban J connectivity index is 2.78. The van der Waals surface area contributed by atoms with Crippen LogP contribution in [-0.2, 0) is 6.42 Å². The maximum atomic E-state index is 10.6. The number of rotatable bonds is 4. The van der Waals surface area contributed by atoms with Gasteiger partial charge in [-0.25, -0.2) is 0 Å². The number of nitro groups is 1. The molecule has 0 fully saturated rings. The normalized spacial score (nSPS) is 12.5. The summed E-state index contributed by atoms with van der Waals surface area (Å²) >= 11 is 0. The van der Waals surface area contributed by atoms with Crippen LogP contribution in [0.2, 0.25) is 0 Å². The van der Waals surface area contributed by atoms with Crippen molar-refractivity contribution in [3.8, 4) is 0 Å². The van der Waals surface area contributed by atoms with Crippen molar-refractivity contribution >= 4 is 5.69 Å². The second-order valence-corrected chi connectivity index (χ2v) is 3.89. The molecular formula is C11H16N2O2. The molecule has 1 aromatic rings. The minimum absolute atomic E-state index is 0.167. The van der Waals surface area contributed by atoms with Crippen LogP contribution in [0.1, 0.15) is 24.5 Å². The van der Waals surface area contributed by atoms with Gasteiger partial charge in [0.1, 0.15) is 0 Å². The van der Waals surface area contributed by atoms with Gasteiger partial charge in [0.2, 0.25) is 0 Å². The van der Waals surface area contributed by atoms with Gasteiger partial charge in [0.05, 0.1) is 4.92 Å². The van der Waals surface area contributed by atoms with Crippen LogP contribution >= 0.6 is 0 Å². The molecule has 1 atom stereocenters. The van der Waals surface area contributed by atoms with Crippen molar-refractivity contribution in [3.63, 3.8) is 0 Å². The first-order chi connectivity index (χ1) is 7.00. The van der Waals surface area contributed by atoms with Crippen LogP contribution < -0.4 is 5.73 Å². The molecule has 82 valence electrons. The van der Waals surface area contributed by atoms with E-state index in [1.54, 1.807) is 19.1 Å². The highest BCUT2D eigenvalue weighted by Gasteiger charge is 2.09. The zero-order chi connectivity index (χ0) is 11.4. The monoisotopic (exact) mass is 208 g/mol. The summed E-state index contributed by atoms with van der Waals surface area (Å²) in [6, 6.07) is 5.39. The predicted octanol–water partition coefficient (Wildman–Crippen LogP) is 2.18. The van der Waals surface area contributed by atoms with Gasteiger partial charge in [0.25, 0.3) is 5.69 Å². The van der Waals surface area contributed by atoms with Crippen LogP contribution in [0.5, 0.6) is 0 Å². The Morgan fingerprint density at radius 3 is 2.67 bits per heavy atom. The average molecular weight is 208 g/mol. The predicted molar refractivity (Wildman–Crippen MR) is 59.8 cm³/mol. The third-order valence-corrected chi connectivity index (χ3v) is 2.35. The van der Waals surface area contributed by atoms with Crippen LogP contribution in [0, 0.1) is 17.0 Å². The van der Waals surface area contributed by atoms with E-state index in [-0.39, 0.29) is 16.7 Å². The summed E-state index contributed by atoms with van der Waals surface area (Å²) in [6.07, 6.45) is 1.77. The molecule has 0 amide bonds. The number of nitrogens with two attached hydrogens (primary N) is 1. The fourth-order valence-electron chi connectivity index (χ4n) is 1.47. The molecular weight excluding hydrogens is 192 g/mol. The van der Waals surface area contributed by atoms with Crippen LogP contribution in [0.4, 0.5) is 5.69 Å². The van der Waals surface area contributed by atoms with Crippen LogP contribution in [0.15, 0.2) is 18.2 Å². The lowest BCUT2D eigenvalue weighted by Gasteiger charge is -2.05. The molecule has 0 heterocycles. The standard InChI is InChI=1S/C11H16N2O2/c1-8-7-10(4-3-9(2)12)5-6-11(8)13(14)15/h5-7,9H,3-4,12H2,1-2H3/t9-/m1/s1. The van der Waals surface area contributed by atoms with Crippen molar-refractivity contribution in [3.05, 3.63) is 39.4 Å². The molecule has 0 saturated carbocycles. The second kappa shape index (κ2) is 4.89. The Kier molecular flexibility index (Phi) is 3.80. The fraction of sp³-hybridized carbons (Fsp3) is 0.455. The third kappa shape index (κ3) is 3.32. The lowest BCUT2D eigenvalue weighted by atomic mass is 10.0. The summed E-state index contributed by atoms with van der Waals surface area (Å²) in [5.74, 6) is 0. The maximum Gasteiger partial charge on any atom is 0.272 e. The zero-order valence-electron chi connectivity index (χ0n) is 9.06. The van der Waals surface area contributed by atoms with Crippen LogP contribution in [0.3, 0.4) is 0 Å². The van der Waals surface area contributed by atoms with Gasteiger partial charge >= 0.3 is 0 Å². The molecule has 0 aliphatic carbocycles. The minimum atomic E-state index is -0.356. The van der Waals surface area contributed by atoms with Gasteiger partial charge in [-0.05, 0) is 38.3 Å². The Morgan fingerprint density at radius 2 is 2.20 bits per heavy atom. The number of aryl methyl sites for hydroxylation is 2. The minimum Gasteiger partial charge on any atom is -0.328 e. The fourth-order valence-corrected chi connectivity index (χ4v) is 1.47. The molecule has 0 aromatic heterocycles. The largest absolute Gasteiger partial charge is 0.328 e. The molecule has 0 aliphatic rings. The third-order valence-electron chi connectivity index (χ3n) is 2.35. The lowest BCUT2D eigenvalue weighted by Crippen LogP contribution is -2.15. The van der Waals surface area contributed by atoms with Gasteiger partial charge in [-0.1, -0.05) is 6.07 Å². The number of hydrogen-bond donors (Lipinski definition) is 1. The first-order valence-corrected chi connectivity index (χ1v) is 5.00. The van der Waals surface area contributed by atoms with Crippen molar-refractivity contribution in [2.24, 2.45) is 5.73 Å². The summed E-state index contributed by atoms with van der Waals surface area (Å²) in [4.78, 5) is 10.2. The van der Waals surface area contributed by atoms with E-state index in [4.69, 9.17) is 5.73 Å². The topological polar surface area (TPSA) is 69.2 Å². The zero-order valence-corrected chi connectivity index (χ0v) is 9.06. The molecule has 4 nitrogen and oxygen atoms in total. The Bertz CT molecular complexity index is 362. The van der Waals surface area contributed by atoms with Crippen molar-refractivity contribution in [1.29, 1.82) is 0 Å². The molecule has 4 heteroatoms. The quantitative estimate of drug-likeness (QED) is 0.609. The van der Waals surface area contributed by atoms with Crippen molar-refractivity contribution in [1.82, 2.24) is 0 Å². The number of hydrogen-bond acceptors (Lipinski definition) is 3. The highest BCUT2D eigenvalue weighted by Crippen LogP contribution is 2.19. The number of benzene rings is 1. The van der Waals surface area contributed by atoms with E-state index >= 15 is 0 Å². The number of nitro benzene ring substituents is 1. The molecule has 0 radical (unpaired) electrons. The molecule has 2 N–H and O–H groups in total. The molecule has 0 saturated heterocycles. The summed E-state index contributed by atoms with van der Waals surface area (Å²) in [7, 11) is 0. The van der Waals surface area contributed by atoms with Crippen molar-refractivity contribution < 1.29 is 4.92 Å². The lowest BCUT2D eigenvalue weighted by molar-refractivity contribution is -0.385. The van der Waals surface area contributed by atoms with E-state index in [2.05, 4.69) is 0 Å². The van der Waals surface area contributed by atoms with E-state index in [1.165, 1.54) is 0 Å². The van der Waals surface area contributed by atoms with Gasteiger partial charge in [-0.3, -0.25) is 10.1 Å². The Labute approximate surface area is 89.2 Å². The summed E-state index contributed by atoms with van der Waals surface area (Å²) in [5, 5.41) is 10.6. The maximum absolute atomic E-state index is 10.6. The van der Waals surface area contributed by atoms with E-state index in [0.29, 0.717) is 5.56 Å². The number of nitrogens with zero attached hydrogens (tertiary/aromatic N) is 1. The smallest absolute Gasteiger partial charge is 0.272 e. The summed E-state index contributed by atoms with van der Waals surface area (Å²) < 4.78 is 0. The van der Waals surface area contributed by atoms with Gasteiger partial charge in [-0.15, -0.1) is 0 Å². The van der Waals surface area contributed by atoms with Crippen LogP contribution in [-0.4, -0.2) is 11.0 Å². The highest BCUT2D eigenvalue weighted by molar-refractivity contribution is 5.41. The Morgan fingerprint density at radius 1 is 1.53 bits per heavy atom. The molecule has 1 aromatic carbocycles. The second-order valence-electron chi connectivity index (χ2n) is 3.89. The molecule has 0 unspecified atom stereocenters. The van der Waals surface area contributed by atoms with Gasteiger partial charge in [0, 0.05) is 17.7 Å². The summed E-state index contributed by atoms with van der Waals surface area (Å²) in [5.41, 5.74) is 7.65. The first-order valence-electron chi connectivity index (χ1n) is 5.00.